The molecule has 3 aromatic carbocycles. The average molecular weight is 396 g/mol. The van der Waals surface area contributed by atoms with Crippen LogP contribution in [0.1, 0.15) is 22.6 Å². The molecule has 0 spiro atoms. The standard InChI is InChI=1S/C27H25NO2/c1-28-19-26(25-11-6-7-13-27(25)28)24(22-14-16-23(29-2)17-15-22)12-8-18-30-20-21-9-4-3-5-10-21/h3-7,9-11,13-17,19,24H,18,20H2,1-2H3. The van der Waals surface area contributed by atoms with E-state index in [1.807, 2.05) is 30.3 Å². The van der Waals surface area contributed by atoms with Gasteiger partial charge in [-0.05, 0) is 34.9 Å². The van der Waals surface area contributed by atoms with Crippen molar-refractivity contribution in [3.8, 4) is 17.6 Å². The zero-order valence-electron chi connectivity index (χ0n) is 17.3. The molecule has 1 aromatic heterocycles. The smallest absolute Gasteiger partial charge is 0.118 e. The van der Waals surface area contributed by atoms with Crippen molar-refractivity contribution in [2.45, 2.75) is 12.5 Å². The van der Waals surface area contributed by atoms with Crippen LogP contribution in [0.2, 0.25) is 0 Å². The molecule has 150 valence electrons. The van der Waals surface area contributed by atoms with Gasteiger partial charge >= 0.3 is 0 Å². The van der Waals surface area contributed by atoms with E-state index in [1.54, 1.807) is 7.11 Å². The third-order valence-electron chi connectivity index (χ3n) is 5.22. The monoisotopic (exact) mass is 395 g/mol. The van der Waals surface area contributed by atoms with E-state index in [0.29, 0.717) is 13.2 Å². The summed E-state index contributed by atoms with van der Waals surface area (Å²) < 4.78 is 13.3. The number of fused-ring (bicyclic) bond motifs is 1. The van der Waals surface area contributed by atoms with Crippen molar-refractivity contribution >= 4 is 10.9 Å². The summed E-state index contributed by atoms with van der Waals surface area (Å²) in [6.45, 7) is 0.962. The predicted molar refractivity (Wildman–Crippen MR) is 122 cm³/mol. The van der Waals surface area contributed by atoms with E-state index < -0.39 is 0 Å². The molecule has 0 saturated heterocycles. The van der Waals surface area contributed by atoms with Gasteiger partial charge in [0, 0.05) is 24.1 Å². The summed E-state index contributed by atoms with van der Waals surface area (Å²) in [5, 5.41) is 1.22. The second-order valence-corrected chi connectivity index (χ2v) is 7.22. The summed E-state index contributed by atoms with van der Waals surface area (Å²) >= 11 is 0. The maximum Gasteiger partial charge on any atom is 0.118 e. The maximum absolute atomic E-state index is 5.77. The fourth-order valence-corrected chi connectivity index (χ4v) is 3.68. The molecule has 0 amide bonds. The first-order valence-corrected chi connectivity index (χ1v) is 10.0. The summed E-state index contributed by atoms with van der Waals surface area (Å²) in [5.41, 5.74) is 4.70. The molecule has 4 aromatic rings. The minimum Gasteiger partial charge on any atom is -0.497 e. The van der Waals surface area contributed by atoms with Crippen molar-refractivity contribution in [3.63, 3.8) is 0 Å². The summed E-state index contributed by atoms with van der Waals surface area (Å²) in [5.74, 6) is 7.50. The first-order chi connectivity index (χ1) is 14.8. The fourth-order valence-electron chi connectivity index (χ4n) is 3.68. The zero-order chi connectivity index (χ0) is 20.8. The van der Waals surface area contributed by atoms with Gasteiger partial charge in [0.15, 0.2) is 0 Å². The predicted octanol–water partition coefficient (Wildman–Crippen LogP) is 5.54. The highest BCUT2D eigenvalue weighted by atomic mass is 16.5. The number of benzene rings is 3. The second kappa shape index (κ2) is 9.35. The van der Waals surface area contributed by atoms with Gasteiger partial charge < -0.3 is 14.0 Å². The Morgan fingerprint density at radius 2 is 1.63 bits per heavy atom. The van der Waals surface area contributed by atoms with Gasteiger partial charge in [-0.25, -0.2) is 0 Å². The Labute approximate surface area is 177 Å². The lowest BCUT2D eigenvalue weighted by atomic mass is 9.91. The van der Waals surface area contributed by atoms with Crippen LogP contribution in [0.4, 0.5) is 0 Å². The van der Waals surface area contributed by atoms with Crippen LogP contribution in [-0.4, -0.2) is 18.3 Å². The maximum atomic E-state index is 5.77. The van der Waals surface area contributed by atoms with Crippen molar-refractivity contribution in [3.05, 3.63) is 102 Å². The van der Waals surface area contributed by atoms with Gasteiger partial charge in [-0.15, -0.1) is 0 Å². The Hall–Kier alpha value is -3.48. The van der Waals surface area contributed by atoms with Crippen LogP contribution in [0.15, 0.2) is 85.1 Å². The lowest BCUT2D eigenvalue weighted by Gasteiger charge is -2.12. The number of ether oxygens (including phenoxy) is 2. The van der Waals surface area contributed by atoms with E-state index in [0.717, 1.165) is 16.9 Å². The molecule has 0 N–H and O–H groups in total. The Bertz CT molecular complexity index is 1160. The summed E-state index contributed by atoms with van der Waals surface area (Å²) in [7, 11) is 3.76. The number of rotatable bonds is 6. The Kier molecular flexibility index (Phi) is 6.17. The van der Waals surface area contributed by atoms with E-state index in [9.17, 15) is 0 Å². The van der Waals surface area contributed by atoms with Crippen molar-refractivity contribution < 1.29 is 9.47 Å². The molecular weight excluding hydrogens is 370 g/mol. The van der Waals surface area contributed by atoms with Crippen molar-refractivity contribution in [1.29, 1.82) is 0 Å². The van der Waals surface area contributed by atoms with Crippen LogP contribution >= 0.6 is 0 Å². The van der Waals surface area contributed by atoms with Crippen LogP contribution in [0, 0.1) is 11.8 Å². The third-order valence-corrected chi connectivity index (χ3v) is 5.22. The fraction of sp³-hybridized carbons (Fsp3) is 0.185. The summed E-state index contributed by atoms with van der Waals surface area (Å²) in [6, 6.07) is 26.8. The Morgan fingerprint density at radius 1 is 0.900 bits per heavy atom. The topological polar surface area (TPSA) is 23.4 Å². The van der Waals surface area contributed by atoms with E-state index in [-0.39, 0.29) is 5.92 Å². The Morgan fingerprint density at radius 3 is 2.40 bits per heavy atom. The number of para-hydroxylation sites is 1. The molecule has 3 heteroatoms. The zero-order valence-corrected chi connectivity index (χ0v) is 17.3. The number of aryl methyl sites for hydroxylation is 1. The van der Waals surface area contributed by atoms with E-state index in [4.69, 9.17) is 9.47 Å². The molecule has 3 nitrogen and oxygen atoms in total. The molecular formula is C27H25NO2. The highest BCUT2D eigenvalue weighted by molar-refractivity contribution is 5.85. The van der Waals surface area contributed by atoms with Gasteiger partial charge in [0.25, 0.3) is 0 Å². The molecule has 0 fully saturated rings. The van der Waals surface area contributed by atoms with Crippen molar-refractivity contribution in [1.82, 2.24) is 4.57 Å². The van der Waals surface area contributed by atoms with Crippen molar-refractivity contribution in [2.75, 3.05) is 13.7 Å². The van der Waals surface area contributed by atoms with Gasteiger partial charge in [0.2, 0.25) is 0 Å². The number of aromatic nitrogens is 1. The largest absolute Gasteiger partial charge is 0.497 e. The van der Waals surface area contributed by atoms with E-state index in [1.165, 1.54) is 16.5 Å². The van der Waals surface area contributed by atoms with Gasteiger partial charge in [-0.3, -0.25) is 0 Å². The van der Waals surface area contributed by atoms with Gasteiger partial charge in [-0.2, -0.15) is 0 Å². The number of nitrogens with zero attached hydrogens (tertiary/aromatic N) is 1. The van der Waals surface area contributed by atoms with E-state index >= 15 is 0 Å². The third kappa shape index (κ3) is 4.40. The Balaban J connectivity index is 1.61. The molecule has 0 aliphatic carbocycles. The molecule has 0 aliphatic heterocycles. The highest BCUT2D eigenvalue weighted by Crippen LogP contribution is 2.32. The molecule has 1 unspecified atom stereocenters. The van der Waals surface area contributed by atoms with Crippen LogP contribution < -0.4 is 4.74 Å². The highest BCUT2D eigenvalue weighted by Gasteiger charge is 2.17. The van der Waals surface area contributed by atoms with Crippen molar-refractivity contribution in [2.24, 2.45) is 7.05 Å². The molecule has 30 heavy (non-hydrogen) atoms. The van der Waals surface area contributed by atoms with Crippen LogP contribution in [0.3, 0.4) is 0 Å². The summed E-state index contributed by atoms with van der Waals surface area (Å²) in [6.07, 6.45) is 2.18. The first kappa shape index (κ1) is 19.8. The lowest BCUT2D eigenvalue weighted by molar-refractivity contribution is 0.153. The SMILES string of the molecule is COc1ccc(C(C#CCOCc2ccccc2)c2cn(C)c3ccccc23)cc1. The normalized spacial score (nSPS) is 11.7. The summed E-state index contributed by atoms with van der Waals surface area (Å²) in [4.78, 5) is 0. The minimum atomic E-state index is -0.0395. The van der Waals surface area contributed by atoms with Crippen LogP contribution in [0.5, 0.6) is 5.75 Å². The van der Waals surface area contributed by atoms with E-state index in [2.05, 4.69) is 78.2 Å². The second-order valence-electron chi connectivity index (χ2n) is 7.22. The molecule has 0 aliphatic rings. The molecule has 1 atom stereocenters. The number of hydrogen-bond acceptors (Lipinski definition) is 2. The molecule has 1 heterocycles. The molecule has 0 bridgehead atoms. The molecule has 0 saturated carbocycles. The van der Waals surface area contributed by atoms with Crippen LogP contribution in [0.25, 0.3) is 10.9 Å². The quantitative estimate of drug-likeness (QED) is 0.316. The number of methoxy groups -OCH3 is 1. The minimum absolute atomic E-state index is 0.0395. The molecule has 0 radical (unpaired) electrons. The number of hydrogen-bond donors (Lipinski definition) is 0. The lowest BCUT2D eigenvalue weighted by Crippen LogP contribution is -1.99. The average Bonchev–Trinajstić information content (AvgIpc) is 3.13. The van der Waals surface area contributed by atoms with Gasteiger partial charge in [0.05, 0.1) is 19.6 Å². The molecule has 4 rings (SSSR count). The van der Waals surface area contributed by atoms with Gasteiger partial charge in [-0.1, -0.05) is 72.5 Å². The van der Waals surface area contributed by atoms with Gasteiger partial charge in [0.1, 0.15) is 12.4 Å². The first-order valence-electron chi connectivity index (χ1n) is 10.0. The van der Waals surface area contributed by atoms with Crippen LogP contribution in [-0.2, 0) is 18.4 Å².